The summed E-state index contributed by atoms with van der Waals surface area (Å²) >= 11 is 1.43. The molecule has 1 fully saturated rings. The maximum atomic E-state index is 15.0. The fourth-order valence-corrected chi connectivity index (χ4v) is 4.58. The molecule has 4 rings (SSSR count). The number of halogens is 1. The molecule has 0 amide bonds. The Morgan fingerprint density at radius 2 is 2.17 bits per heavy atom. The van der Waals surface area contributed by atoms with Crippen molar-refractivity contribution in [3.05, 3.63) is 34.9 Å². The molecule has 3 heterocycles. The fraction of sp³-hybridized carbons (Fsp3) is 0.500. The first-order chi connectivity index (χ1) is 14.6. The van der Waals surface area contributed by atoms with Gasteiger partial charge in [-0.05, 0) is 18.6 Å². The second-order valence-electron chi connectivity index (χ2n) is 7.01. The molecule has 1 aromatic carbocycles. The summed E-state index contributed by atoms with van der Waals surface area (Å²) in [4.78, 5) is 18.5. The molecule has 1 N–H and O–H groups in total. The van der Waals surface area contributed by atoms with Gasteiger partial charge in [-0.3, -0.25) is 4.57 Å². The number of nitrogens with one attached hydrogen (secondary N) is 1. The first-order valence-corrected chi connectivity index (χ1v) is 10.5. The van der Waals surface area contributed by atoms with Crippen molar-refractivity contribution in [1.29, 1.82) is 0 Å². The number of alkyl halides is 1. The highest BCUT2D eigenvalue weighted by atomic mass is 32.2. The number of nitrogens with zero attached hydrogens (tertiary/aromatic N) is 2. The summed E-state index contributed by atoms with van der Waals surface area (Å²) in [5.41, 5.74) is 0.158. The number of anilines is 2. The summed E-state index contributed by atoms with van der Waals surface area (Å²) in [6.45, 7) is 2.78. The number of hydrogen-bond acceptors (Lipinski definition) is 8. The first-order valence-electron chi connectivity index (χ1n) is 9.72. The highest BCUT2D eigenvalue weighted by Gasteiger charge is 2.47. The van der Waals surface area contributed by atoms with Crippen LogP contribution >= 0.6 is 11.8 Å². The molecular weight excluding hydrogens is 413 g/mol. The molecule has 0 saturated carbocycles. The number of rotatable bonds is 7. The third kappa shape index (κ3) is 3.80. The molecule has 0 radical (unpaired) electrons. The predicted molar refractivity (Wildman–Crippen MR) is 110 cm³/mol. The van der Waals surface area contributed by atoms with Gasteiger partial charge in [-0.2, -0.15) is 4.98 Å². The molecule has 10 heteroatoms. The lowest BCUT2D eigenvalue weighted by molar-refractivity contribution is -0.0626. The summed E-state index contributed by atoms with van der Waals surface area (Å²) < 4.78 is 38.1. The van der Waals surface area contributed by atoms with Crippen molar-refractivity contribution in [3.63, 3.8) is 0 Å². The van der Waals surface area contributed by atoms with E-state index in [1.165, 1.54) is 30.5 Å². The number of aromatic nitrogens is 2. The molecule has 162 valence electrons. The molecule has 4 atom stereocenters. The van der Waals surface area contributed by atoms with Gasteiger partial charge >= 0.3 is 5.69 Å². The van der Waals surface area contributed by atoms with E-state index in [9.17, 15) is 4.79 Å². The van der Waals surface area contributed by atoms with Gasteiger partial charge in [0.2, 0.25) is 0 Å². The van der Waals surface area contributed by atoms with Crippen LogP contribution in [0.25, 0.3) is 0 Å². The van der Waals surface area contributed by atoms with E-state index in [0.717, 1.165) is 17.0 Å². The fourth-order valence-electron chi connectivity index (χ4n) is 3.58. The molecule has 1 saturated heterocycles. The van der Waals surface area contributed by atoms with Crippen LogP contribution in [0.5, 0.6) is 5.75 Å². The second kappa shape index (κ2) is 8.93. The first kappa shape index (κ1) is 21.1. The van der Waals surface area contributed by atoms with Crippen molar-refractivity contribution in [3.8, 4) is 5.75 Å². The van der Waals surface area contributed by atoms with Crippen LogP contribution in [0, 0.1) is 0 Å². The van der Waals surface area contributed by atoms with Crippen molar-refractivity contribution in [2.45, 2.75) is 47.7 Å². The molecule has 1 aromatic heterocycles. The Morgan fingerprint density at radius 1 is 1.33 bits per heavy atom. The minimum absolute atomic E-state index is 0.159. The largest absolute Gasteiger partial charge is 0.491 e. The molecule has 0 spiro atoms. The van der Waals surface area contributed by atoms with Crippen LogP contribution in [0.2, 0.25) is 0 Å². The Bertz CT molecular complexity index is 972. The van der Waals surface area contributed by atoms with Gasteiger partial charge in [0.1, 0.15) is 18.0 Å². The minimum Gasteiger partial charge on any atom is -0.491 e. The number of fused-ring (bicyclic) bond motifs is 2. The summed E-state index contributed by atoms with van der Waals surface area (Å²) in [6.07, 6.45) is -1.66. The van der Waals surface area contributed by atoms with E-state index < -0.39 is 30.3 Å². The monoisotopic (exact) mass is 437 g/mol. The van der Waals surface area contributed by atoms with Gasteiger partial charge in [0, 0.05) is 25.3 Å². The SMILES string of the molecule is CCCOc1cccc2c1Nc1nc(=O)n([C@@H]3O[C@H](COC)C(OC)[C@@H]3F)cc1S2. The molecule has 30 heavy (non-hydrogen) atoms. The minimum atomic E-state index is -1.53. The Morgan fingerprint density at radius 3 is 2.90 bits per heavy atom. The molecular formula is C20H24FN3O5S. The van der Waals surface area contributed by atoms with Gasteiger partial charge in [-0.15, -0.1) is 0 Å². The molecule has 0 aliphatic carbocycles. The molecule has 1 unspecified atom stereocenters. The number of para-hydroxylation sites is 1. The molecule has 2 aliphatic rings. The van der Waals surface area contributed by atoms with Crippen LogP contribution in [-0.2, 0) is 14.2 Å². The van der Waals surface area contributed by atoms with E-state index in [2.05, 4.69) is 10.3 Å². The highest BCUT2D eigenvalue weighted by Crippen LogP contribution is 2.47. The van der Waals surface area contributed by atoms with Crippen molar-refractivity contribution in [2.24, 2.45) is 0 Å². The Hall–Kier alpha value is -2.14. The standard InChI is InChI=1S/C20H24FN3O5S/c1-4-8-28-11-6-5-7-13-16(11)22-18-14(30-13)9-24(20(25)23-18)19-15(21)17(27-3)12(29-19)10-26-2/h5-7,9,12,15,17,19H,4,8,10H2,1-3H3,(H,22,23,25)/t12-,15+,17?,19-/m1/s1. The third-order valence-electron chi connectivity index (χ3n) is 4.98. The summed E-state index contributed by atoms with van der Waals surface area (Å²) in [5, 5.41) is 3.19. The van der Waals surface area contributed by atoms with Crippen molar-refractivity contribution >= 4 is 23.3 Å². The Labute approximate surface area is 177 Å². The van der Waals surface area contributed by atoms with Gasteiger partial charge in [-0.25, -0.2) is 9.18 Å². The summed E-state index contributed by atoms with van der Waals surface area (Å²) in [6, 6.07) is 5.72. The predicted octanol–water partition coefficient (Wildman–Crippen LogP) is 3.14. The van der Waals surface area contributed by atoms with E-state index in [4.69, 9.17) is 18.9 Å². The molecule has 0 bridgehead atoms. The Balaban J connectivity index is 1.64. The van der Waals surface area contributed by atoms with Crippen molar-refractivity contribution in [1.82, 2.24) is 9.55 Å². The van der Waals surface area contributed by atoms with E-state index in [1.54, 1.807) is 6.20 Å². The molecule has 2 aliphatic heterocycles. The normalized spacial score (nSPS) is 24.8. The van der Waals surface area contributed by atoms with Crippen LogP contribution < -0.4 is 15.7 Å². The number of hydrogen-bond donors (Lipinski definition) is 1. The van der Waals surface area contributed by atoms with E-state index >= 15 is 4.39 Å². The zero-order valence-electron chi connectivity index (χ0n) is 17.0. The molecule has 8 nitrogen and oxygen atoms in total. The lowest BCUT2D eigenvalue weighted by Crippen LogP contribution is -2.35. The van der Waals surface area contributed by atoms with E-state index in [-0.39, 0.29) is 6.61 Å². The maximum Gasteiger partial charge on any atom is 0.351 e. The van der Waals surface area contributed by atoms with Gasteiger partial charge < -0.3 is 24.3 Å². The Kier molecular flexibility index (Phi) is 6.28. The lowest BCUT2D eigenvalue weighted by Gasteiger charge is -2.24. The smallest absolute Gasteiger partial charge is 0.351 e. The van der Waals surface area contributed by atoms with Crippen molar-refractivity contribution in [2.75, 3.05) is 32.8 Å². The van der Waals surface area contributed by atoms with Crippen LogP contribution in [0.15, 0.2) is 39.0 Å². The zero-order valence-corrected chi connectivity index (χ0v) is 17.8. The average molecular weight is 437 g/mol. The topological polar surface area (TPSA) is 83.8 Å². The summed E-state index contributed by atoms with van der Waals surface area (Å²) in [7, 11) is 2.91. The maximum absolute atomic E-state index is 15.0. The van der Waals surface area contributed by atoms with Gasteiger partial charge in [0.05, 0.1) is 23.8 Å². The lowest BCUT2D eigenvalue weighted by atomic mass is 10.1. The van der Waals surface area contributed by atoms with Crippen LogP contribution in [0.4, 0.5) is 15.9 Å². The average Bonchev–Trinajstić information content (AvgIpc) is 3.05. The second-order valence-corrected chi connectivity index (χ2v) is 8.10. The van der Waals surface area contributed by atoms with Crippen molar-refractivity contribution < 1.29 is 23.3 Å². The quantitative estimate of drug-likeness (QED) is 0.604. The number of ether oxygens (including phenoxy) is 4. The molecule has 2 aromatic rings. The van der Waals surface area contributed by atoms with Gasteiger partial charge in [0.15, 0.2) is 18.2 Å². The third-order valence-corrected chi connectivity index (χ3v) is 6.05. The highest BCUT2D eigenvalue weighted by molar-refractivity contribution is 7.99. The van der Waals surface area contributed by atoms with E-state index in [1.807, 2.05) is 25.1 Å². The van der Waals surface area contributed by atoms with Crippen LogP contribution in [0.3, 0.4) is 0 Å². The van der Waals surface area contributed by atoms with Gasteiger partial charge in [-0.1, -0.05) is 24.8 Å². The summed E-state index contributed by atoms with van der Waals surface area (Å²) in [5.74, 6) is 1.11. The number of benzene rings is 1. The zero-order chi connectivity index (χ0) is 21.3. The van der Waals surface area contributed by atoms with Gasteiger partial charge in [0.25, 0.3) is 0 Å². The van der Waals surface area contributed by atoms with Crippen LogP contribution in [0.1, 0.15) is 19.6 Å². The number of methoxy groups -OCH3 is 2. The van der Waals surface area contributed by atoms with E-state index in [0.29, 0.717) is 23.1 Å². The van der Waals surface area contributed by atoms with Crippen LogP contribution in [-0.4, -0.2) is 55.4 Å².